The SMILES string of the molecule is CCCCCCC=CCCCCCCCCCC(N)=O.CCCCCCC=CCCCCCCCCCC(N)=O.CCCCCCC=CCCCCCCCCCC(N)=O. The highest BCUT2D eigenvalue weighted by Crippen LogP contribution is 2.13. The Labute approximate surface area is 375 Å². The Morgan fingerprint density at radius 3 is 0.567 bits per heavy atom. The Morgan fingerprint density at radius 1 is 0.250 bits per heavy atom. The number of hydrogen-bond donors (Lipinski definition) is 3. The Morgan fingerprint density at radius 2 is 0.400 bits per heavy atom. The standard InChI is InChI=1S/3C18H35NO/c3*1-2-3-4-5-6-7-8-9-10-11-12-13-14-15-16-17-18(19)20/h3*7-8H,2-6,9-17H2,1H3,(H2,19,20). The molecule has 0 heterocycles. The van der Waals surface area contributed by atoms with Gasteiger partial charge in [-0.15, -0.1) is 0 Å². The monoisotopic (exact) mass is 844 g/mol. The third-order valence-corrected chi connectivity index (χ3v) is 11.1. The topological polar surface area (TPSA) is 129 Å². The minimum atomic E-state index is -0.161. The van der Waals surface area contributed by atoms with Gasteiger partial charge in [0, 0.05) is 19.3 Å². The zero-order chi connectivity index (χ0) is 44.7. The van der Waals surface area contributed by atoms with E-state index in [1.807, 2.05) is 0 Å². The number of unbranched alkanes of at least 4 members (excludes halogenated alkanes) is 33. The lowest BCUT2D eigenvalue weighted by molar-refractivity contribution is -0.119. The molecule has 0 aromatic rings. The summed E-state index contributed by atoms with van der Waals surface area (Å²) in [6.45, 7) is 6.77. The number of allylic oxidation sites excluding steroid dienone is 6. The van der Waals surface area contributed by atoms with Crippen LogP contribution in [-0.2, 0) is 14.4 Å². The van der Waals surface area contributed by atoms with Gasteiger partial charge in [0.15, 0.2) is 0 Å². The minimum absolute atomic E-state index is 0.161. The van der Waals surface area contributed by atoms with Gasteiger partial charge >= 0.3 is 0 Å². The summed E-state index contributed by atoms with van der Waals surface area (Å²) in [5, 5.41) is 0. The fourth-order valence-corrected chi connectivity index (χ4v) is 7.11. The van der Waals surface area contributed by atoms with Gasteiger partial charge in [-0.2, -0.15) is 0 Å². The first-order valence-corrected chi connectivity index (χ1v) is 26.1. The summed E-state index contributed by atoms with van der Waals surface area (Å²) in [6.07, 6.45) is 65.8. The Bertz CT molecular complexity index is 826. The van der Waals surface area contributed by atoms with Crippen molar-refractivity contribution in [2.45, 2.75) is 290 Å². The maximum Gasteiger partial charge on any atom is 0.217 e. The predicted octanol–water partition coefficient (Wildman–Crippen LogP) is 16.5. The second-order valence-corrected chi connectivity index (χ2v) is 17.4. The molecule has 0 aliphatic carbocycles. The molecule has 6 N–H and O–H groups in total. The summed E-state index contributed by atoms with van der Waals surface area (Å²) in [7, 11) is 0. The van der Waals surface area contributed by atoms with Crippen LogP contribution < -0.4 is 17.2 Å². The lowest BCUT2D eigenvalue weighted by atomic mass is 10.1. The lowest BCUT2D eigenvalue weighted by Gasteiger charge is -2.00. The summed E-state index contributed by atoms with van der Waals surface area (Å²) in [5.74, 6) is -0.482. The third kappa shape index (κ3) is 70.2. The summed E-state index contributed by atoms with van der Waals surface area (Å²) >= 11 is 0. The van der Waals surface area contributed by atoms with Crippen LogP contribution in [0.2, 0.25) is 0 Å². The highest BCUT2D eigenvalue weighted by molar-refractivity contribution is 5.74. The molecule has 0 rings (SSSR count). The van der Waals surface area contributed by atoms with E-state index in [2.05, 4.69) is 57.2 Å². The van der Waals surface area contributed by atoms with Crippen LogP contribution in [0.4, 0.5) is 0 Å². The van der Waals surface area contributed by atoms with Crippen molar-refractivity contribution in [1.29, 1.82) is 0 Å². The van der Waals surface area contributed by atoms with Crippen molar-refractivity contribution in [3.63, 3.8) is 0 Å². The van der Waals surface area contributed by atoms with Crippen molar-refractivity contribution in [3.8, 4) is 0 Å². The molecule has 354 valence electrons. The number of nitrogens with two attached hydrogens (primary N) is 3. The van der Waals surface area contributed by atoms with Gasteiger partial charge in [0.25, 0.3) is 0 Å². The van der Waals surface area contributed by atoms with Crippen LogP contribution in [0.3, 0.4) is 0 Å². The average molecular weight is 844 g/mol. The number of rotatable bonds is 45. The molecule has 0 fully saturated rings. The molecule has 0 radical (unpaired) electrons. The van der Waals surface area contributed by atoms with Gasteiger partial charge in [-0.25, -0.2) is 0 Å². The van der Waals surface area contributed by atoms with E-state index in [0.29, 0.717) is 19.3 Å². The van der Waals surface area contributed by atoms with Crippen LogP contribution in [0.25, 0.3) is 0 Å². The third-order valence-electron chi connectivity index (χ3n) is 11.1. The molecule has 60 heavy (non-hydrogen) atoms. The molecule has 3 amide bonds. The molecule has 0 atom stereocenters. The maximum absolute atomic E-state index is 10.5. The highest BCUT2D eigenvalue weighted by Gasteiger charge is 1.97. The van der Waals surface area contributed by atoms with Crippen LogP contribution >= 0.6 is 0 Å². The fraction of sp³-hybridized carbons (Fsp3) is 0.833. The maximum atomic E-state index is 10.5. The summed E-state index contributed by atoms with van der Waals surface area (Å²) in [6, 6.07) is 0. The summed E-state index contributed by atoms with van der Waals surface area (Å²) in [5.41, 5.74) is 15.3. The van der Waals surface area contributed by atoms with Crippen LogP contribution in [-0.4, -0.2) is 17.7 Å². The first-order chi connectivity index (χ1) is 29.3. The molecule has 6 heteroatoms. The van der Waals surface area contributed by atoms with Gasteiger partial charge in [-0.05, 0) is 96.3 Å². The summed E-state index contributed by atoms with van der Waals surface area (Å²) in [4.78, 5) is 31.6. The normalized spacial score (nSPS) is 11.2. The molecule has 0 unspecified atom stereocenters. The molecule has 0 aliphatic heterocycles. The van der Waals surface area contributed by atoms with Crippen LogP contribution in [0.15, 0.2) is 36.5 Å². The van der Waals surface area contributed by atoms with Crippen molar-refractivity contribution >= 4 is 17.7 Å². The quantitative estimate of drug-likeness (QED) is 0.0417. The molecule has 6 nitrogen and oxygen atoms in total. The summed E-state index contributed by atoms with van der Waals surface area (Å²) < 4.78 is 0. The Balaban J connectivity index is -0.000000812. The van der Waals surface area contributed by atoms with Crippen molar-refractivity contribution < 1.29 is 14.4 Å². The van der Waals surface area contributed by atoms with Crippen molar-refractivity contribution in [1.82, 2.24) is 0 Å². The molecule has 0 spiro atoms. The molecule has 0 aromatic carbocycles. The van der Waals surface area contributed by atoms with Crippen LogP contribution in [0, 0.1) is 0 Å². The second-order valence-electron chi connectivity index (χ2n) is 17.4. The average Bonchev–Trinajstić information content (AvgIpc) is 3.22. The van der Waals surface area contributed by atoms with E-state index in [9.17, 15) is 14.4 Å². The van der Waals surface area contributed by atoms with E-state index in [1.54, 1.807) is 0 Å². The lowest BCUT2D eigenvalue weighted by Crippen LogP contribution is -2.09. The van der Waals surface area contributed by atoms with Crippen LogP contribution in [0.5, 0.6) is 0 Å². The molecule has 0 bridgehead atoms. The number of carbonyl (C=O) groups excluding carboxylic acids is 3. The van der Waals surface area contributed by atoms with E-state index >= 15 is 0 Å². The largest absolute Gasteiger partial charge is 0.370 e. The van der Waals surface area contributed by atoms with Gasteiger partial charge in [0.05, 0.1) is 0 Å². The highest BCUT2D eigenvalue weighted by atomic mass is 16.1. The molecule has 0 saturated heterocycles. The number of carbonyl (C=O) groups is 3. The van der Waals surface area contributed by atoms with Crippen molar-refractivity contribution in [3.05, 3.63) is 36.5 Å². The van der Waals surface area contributed by atoms with Crippen LogP contribution in [0.1, 0.15) is 290 Å². The molecular formula is C54H105N3O3. The predicted molar refractivity (Wildman–Crippen MR) is 266 cm³/mol. The van der Waals surface area contributed by atoms with E-state index < -0.39 is 0 Å². The van der Waals surface area contributed by atoms with E-state index in [4.69, 9.17) is 17.2 Å². The first-order valence-electron chi connectivity index (χ1n) is 26.1. The number of primary amides is 3. The van der Waals surface area contributed by atoms with Gasteiger partial charge in [0.1, 0.15) is 0 Å². The Hall–Kier alpha value is -2.37. The minimum Gasteiger partial charge on any atom is -0.370 e. The Kier molecular flexibility index (Phi) is 60.6. The van der Waals surface area contributed by atoms with Gasteiger partial charge in [-0.3, -0.25) is 14.4 Å². The zero-order valence-corrected chi connectivity index (χ0v) is 40.6. The van der Waals surface area contributed by atoms with E-state index in [1.165, 1.54) is 212 Å². The number of hydrogen-bond acceptors (Lipinski definition) is 3. The molecule has 0 saturated carbocycles. The first kappa shape index (κ1) is 61.9. The van der Waals surface area contributed by atoms with E-state index in [0.717, 1.165) is 38.5 Å². The van der Waals surface area contributed by atoms with Gasteiger partial charge in [-0.1, -0.05) is 211 Å². The smallest absolute Gasteiger partial charge is 0.217 e. The molecule has 0 aromatic heterocycles. The van der Waals surface area contributed by atoms with Crippen molar-refractivity contribution in [2.75, 3.05) is 0 Å². The van der Waals surface area contributed by atoms with Gasteiger partial charge in [0.2, 0.25) is 17.7 Å². The zero-order valence-electron chi connectivity index (χ0n) is 40.6. The second kappa shape index (κ2) is 58.7. The van der Waals surface area contributed by atoms with Crippen molar-refractivity contribution in [2.24, 2.45) is 17.2 Å². The number of amides is 3. The fourth-order valence-electron chi connectivity index (χ4n) is 7.11. The van der Waals surface area contributed by atoms with E-state index in [-0.39, 0.29) is 17.7 Å². The van der Waals surface area contributed by atoms with Gasteiger partial charge < -0.3 is 17.2 Å². The molecular weight excluding hydrogens is 739 g/mol. The molecule has 0 aliphatic rings.